The molecule has 0 aliphatic carbocycles. The van der Waals surface area contributed by atoms with Gasteiger partial charge in [-0.2, -0.15) is 0 Å². The number of hydrogen-bond acceptors (Lipinski definition) is 3. The summed E-state index contributed by atoms with van der Waals surface area (Å²) in [6, 6.07) is 8.02. The summed E-state index contributed by atoms with van der Waals surface area (Å²) in [6.07, 6.45) is -0.606. The Morgan fingerprint density at radius 3 is 2.17 bits per heavy atom. The van der Waals surface area contributed by atoms with Crippen molar-refractivity contribution < 1.29 is 9.52 Å². The monoisotopic (exact) mass is 245 g/mol. The third-order valence-corrected chi connectivity index (χ3v) is 2.90. The molecule has 1 aromatic carbocycles. The Bertz CT molecular complexity index is 498. The zero-order valence-electron chi connectivity index (χ0n) is 11.3. The Hall–Kier alpha value is -1.61. The van der Waals surface area contributed by atoms with Crippen molar-refractivity contribution in [1.82, 2.24) is 4.98 Å². The lowest BCUT2D eigenvalue weighted by atomic mass is 10.1. The second-order valence-electron chi connectivity index (χ2n) is 4.97. The van der Waals surface area contributed by atoms with Gasteiger partial charge in [0.25, 0.3) is 0 Å². The van der Waals surface area contributed by atoms with Crippen LogP contribution in [0.25, 0.3) is 11.5 Å². The van der Waals surface area contributed by atoms with Crippen LogP contribution < -0.4 is 0 Å². The van der Waals surface area contributed by atoms with Gasteiger partial charge in [0.05, 0.1) is 6.10 Å². The largest absolute Gasteiger partial charge is 0.441 e. The molecule has 0 spiro atoms. The molecule has 0 amide bonds. The van der Waals surface area contributed by atoms with Crippen molar-refractivity contribution in [3.05, 3.63) is 41.3 Å². The van der Waals surface area contributed by atoms with Crippen LogP contribution in [-0.2, 0) is 0 Å². The van der Waals surface area contributed by atoms with Gasteiger partial charge in [-0.15, -0.1) is 0 Å². The fraction of sp³-hybridized carbons (Fsp3) is 0.400. The zero-order chi connectivity index (χ0) is 13.3. The molecule has 2 rings (SSSR count). The molecule has 2 aromatic rings. The number of nitrogens with zero attached hydrogens (tertiary/aromatic N) is 1. The van der Waals surface area contributed by atoms with E-state index in [0.29, 0.717) is 11.6 Å². The van der Waals surface area contributed by atoms with Crippen molar-refractivity contribution in [2.45, 2.75) is 39.7 Å². The van der Waals surface area contributed by atoms with E-state index in [9.17, 15) is 5.11 Å². The lowest BCUT2D eigenvalue weighted by Crippen LogP contribution is -1.97. The summed E-state index contributed by atoms with van der Waals surface area (Å²) in [6.45, 7) is 7.82. The molecule has 1 atom stereocenters. The molecule has 0 aliphatic heterocycles. The van der Waals surface area contributed by atoms with E-state index < -0.39 is 6.10 Å². The second kappa shape index (κ2) is 4.94. The highest BCUT2D eigenvalue weighted by atomic mass is 16.4. The number of hydrogen-bond donors (Lipinski definition) is 1. The van der Waals surface area contributed by atoms with E-state index >= 15 is 0 Å². The summed E-state index contributed by atoms with van der Waals surface area (Å²) in [7, 11) is 0. The Labute approximate surface area is 107 Å². The molecule has 1 N–H and O–H groups in total. The van der Waals surface area contributed by atoms with E-state index in [2.05, 4.69) is 4.98 Å². The van der Waals surface area contributed by atoms with Crippen LogP contribution in [0.5, 0.6) is 0 Å². The molecule has 3 heteroatoms. The summed E-state index contributed by atoms with van der Waals surface area (Å²) in [4.78, 5) is 4.41. The molecule has 1 unspecified atom stereocenters. The highest BCUT2D eigenvalue weighted by Crippen LogP contribution is 2.30. The molecule has 0 aliphatic rings. The van der Waals surface area contributed by atoms with Crippen LogP contribution in [0.1, 0.15) is 49.8 Å². The predicted molar refractivity (Wildman–Crippen MR) is 71.4 cm³/mol. The maximum atomic E-state index is 9.74. The van der Waals surface area contributed by atoms with Gasteiger partial charge in [-0.05, 0) is 26.0 Å². The van der Waals surface area contributed by atoms with Crippen LogP contribution in [0.3, 0.4) is 0 Å². The van der Waals surface area contributed by atoms with Crippen LogP contribution in [0.4, 0.5) is 0 Å². The molecule has 1 aromatic heterocycles. The third kappa shape index (κ3) is 2.46. The highest BCUT2D eigenvalue weighted by Gasteiger charge is 2.20. The summed E-state index contributed by atoms with van der Waals surface area (Å²) in [5, 5.41) is 9.74. The standard InChI is InChI=1S/C15H19NO2/c1-9(2)14-13(11(4)17)16-15(18-14)12-7-5-10(3)6-8-12/h5-9,11,17H,1-4H3. The summed E-state index contributed by atoms with van der Waals surface area (Å²) in [5.41, 5.74) is 2.78. The zero-order valence-corrected chi connectivity index (χ0v) is 11.3. The van der Waals surface area contributed by atoms with Crippen LogP contribution >= 0.6 is 0 Å². The third-order valence-electron chi connectivity index (χ3n) is 2.90. The van der Waals surface area contributed by atoms with Gasteiger partial charge in [0.1, 0.15) is 11.5 Å². The van der Waals surface area contributed by atoms with Crippen molar-refractivity contribution in [1.29, 1.82) is 0 Å². The van der Waals surface area contributed by atoms with E-state index in [4.69, 9.17) is 4.42 Å². The average Bonchev–Trinajstić information content (AvgIpc) is 2.75. The first-order valence-corrected chi connectivity index (χ1v) is 6.24. The lowest BCUT2D eigenvalue weighted by molar-refractivity contribution is 0.191. The molecule has 0 radical (unpaired) electrons. The van der Waals surface area contributed by atoms with Crippen molar-refractivity contribution in [2.24, 2.45) is 0 Å². The first kappa shape index (κ1) is 12.8. The van der Waals surface area contributed by atoms with Gasteiger partial charge < -0.3 is 9.52 Å². The number of aromatic nitrogens is 1. The smallest absolute Gasteiger partial charge is 0.226 e. The fourth-order valence-corrected chi connectivity index (χ4v) is 1.88. The average molecular weight is 245 g/mol. The van der Waals surface area contributed by atoms with E-state index in [-0.39, 0.29) is 5.92 Å². The lowest BCUT2D eigenvalue weighted by Gasteiger charge is -2.04. The first-order valence-electron chi connectivity index (χ1n) is 6.24. The van der Waals surface area contributed by atoms with Gasteiger partial charge >= 0.3 is 0 Å². The van der Waals surface area contributed by atoms with Gasteiger partial charge in [-0.1, -0.05) is 31.5 Å². The molecule has 1 heterocycles. The van der Waals surface area contributed by atoms with Crippen LogP contribution in [0.2, 0.25) is 0 Å². The summed E-state index contributed by atoms with van der Waals surface area (Å²) < 4.78 is 5.79. The van der Waals surface area contributed by atoms with Crippen molar-refractivity contribution >= 4 is 0 Å². The molecule has 18 heavy (non-hydrogen) atoms. The molecule has 0 saturated heterocycles. The minimum atomic E-state index is -0.606. The van der Waals surface area contributed by atoms with Gasteiger partial charge in [0.2, 0.25) is 5.89 Å². The minimum absolute atomic E-state index is 0.210. The molecule has 0 fully saturated rings. The van der Waals surface area contributed by atoms with Crippen molar-refractivity contribution in [3.63, 3.8) is 0 Å². The molecule has 96 valence electrons. The number of benzene rings is 1. The Kier molecular flexibility index (Phi) is 3.53. The summed E-state index contributed by atoms with van der Waals surface area (Å²) in [5.74, 6) is 1.55. The highest BCUT2D eigenvalue weighted by molar-refractivity contribution is 5.54. The molecule has 3 nitrogen and oxygen atoms in total. The van der Waals surface area contributed by atoms with Crippen molar-refractivity contribution in [2.75, 3.05) is 0 Å². The van der Waals surface area contributed by atoms with Gasteiger partial charge in [-0.25, -0.2) is 4.98 Å². The van der Waals surface area contributed by atoms with E-state index in [1.54, 1.807) is 6.92 Å². The number of oxazole rings is 1. The quantitative estimate of drug-likeness (QED) is 0.894. The molecular formula is C15H19NO2. The maximum Gasteiger partial charge on any atom is 0.226 e. The van der Waals surface area contributed by atoms with Crippen LogP contribution in [0, 0.1) is 6.92 Å². The number of rotatable bonds is 3. The van der Waals surface area contributed by atoms with Gasteiger partial charge in [0, 0.05) is 11.5 Å². The minimum Gasteiger partial charge on any atom is -0.441 e. The summed E-state index contributed by atoms with van der Waals surface area (Å²) >= 11 is 0. The van der Waals surface area contributed by atoms with Gasteiger partial charge in [0.15, 0.2) is 0 Å². The number of aliphatic hydroxyl groups is 1. The Morgan fingerprint density at radius 1 is 1.11 bits per heavy atom. The van der Waals surface area contributed by atoms with E-state index in [1.807, 2.05) is 45.0 Å². The van der Waals surface area contributed by atoms with Gasteiger partial charge in [-0.3, -0.25) is 0 Å². The fourth-order valence-electron chi connectivity index (χ4n) is 1.88. The SMILES string of the molecule is Cc1ccc(-c2nc(C(C)O)c(C(C)C)o2)cc1. The van der Waals surface area contributed by atoms with E-state index in [0.717, 1.165) is 11.3 Å². The maximum absolute atomic E-state index is 9.74. The normalized spacial score (nSPS) is 13.0. The molecular weight excluding hydrogens is 226 g/mol. The molecule has 0 bridgehead atoms. The second-order valence-corrected chi connectivity index (χ2v) is 4.97. The van der Waals surface area contributed by atoms with Crippen LogP contribution in [0.15, 0.2) is 28.7 Å². The van der Waals surface area contributed by atoms with E-state index in [1.165, 1.54) is 5.56 Å². The molecule has 0 saturated carbocycles. The predicted octanol–water partition coefficient (Wildman–Crippen LogP) is 3.83. The van der Waals surface area contributed by atoms with Crippen LogP contribution in [-0.4, -0.2) is 10.1 Å². The number of aryl methyl sites for hydroxylation is 1. The number of aliphatic hydroxyl groups excluding tert-OH is 1. The Balaban J connectivity index is 2.46. The van der Waals surface area contributed by atoms with Crippen molar-refractivity contribution in [3.8, 4) is 11.5 Å². The first-order chi connectivity index (χ1) is 8.49. The Morgan fingerprint density at radius 2 is 1.72 bits per heavy atom. The topological polar surface area (TPSA) is 46.3 Å².